The van der Waals surface area contributed by atoms with Gasteiger partial charge in [0.2, 0.25) is 5.91 Å². The molecule has 5 rings (SSSR count). The first-order valence-corrected chi connectivity index (χ1v) is 11.9. The first-order valence-electron chi connectivity index (χ1n) is 11.5. The summed E-state index contributed by atoms with van der Waals surface area (Å²) in [6, 6.07) is 17.2. The molecule has 2 aliphatic rings. The molecule has 34 heavy (non-hydrogen) atoms. The SMILES string of the molecule is CC1NNCC1CNC(=O)c1ccc(CN2C(=O)CCn3nc(-c4cccc(Cl)c4)cc32)cc1. The number of halogens is 1. The van der Waals surface area contributed by atoms with Crippen molar-refractivity contribution in [3.05, 3.63) is 70.7 Å². The number of anilines is 1. The average molecular weight is 479 g/mol. The molecule has 2 unspecified atom stereocenters. The fraction of sp³-hybridized carbons (Fsp3) is 0.320. The Hall–Kier alpha value is -3.20. The van der Waals surface area contributed by atoms with Gasteiger partial charge >= 0.3 is 0 Å². The van der Waals surface area contributed by atoms with Crippen LogP contribution in [-0.4, -0.2) is 40.7 Å². The van der Waals surface area contributed by atoms with E-state index < -0.39 is 0 Å². The summed E-state index contributed by atoms with van der Waals surface area (Å²) in [5.41, 5.74) is 9.52. The highest BCUT2D eigenvalue weighted by Gasteiger charge is 2.27. The molecule has 0 aliphatic carbocycles. The standard InChI is InChI=1S/C25H27ClN6O2/c1-16-20(14-28-29-16)13-27-25(34)18-7-5-17(6-8-18)15-31-23-12-22(19-3-2-4-21(26)11-19)30-32(23)10-9-24(31)33/h2-8,11-12,16,20,28-29H,9-10,13-15H2,1H3,(H,27,34). The van der Waals surface area contributed by atoms with Crippen LogP contribution in [0.3, 0.4) is 0 Å². The molecule has 1 saturated heterocycles. The molecule has 0 radical (unpaired) electrons. The number of carbonyl (C=O) groups excluding carboxylic acids is 2. The van der Waals surface area contributed by atoms with Crippen LogP contribution in [0.25, 0.3) is 11.3 Å². The van der Waals surface area contributed by atoms with Gasteiger partial charge in [-0.25, -0.2) is 4.68 Å². The molecule has 2 atom stereocenters. The summed E-state index contributed by atoms with van der Waals surface area (Å²) in [6.45, 7) is 4.51. The maximum absolute atomic E-state index is 12.8. The highest BCUT2D eigenvalue weighted by molar-refractivity contribution is 6.30. The van der Waals surface area contributed by atoms with Crippen LogP contribution in [0.5, 0.6) is 0 Å². The molecule has 0 saturated carbocycles. The molecule has 8 nitrogen and oxygen atoms in total. The second kappa shape index (κ2) is 9.58. The maximum Gasteiger partial charge on any atom is 0.251 e. The molecule has 2 aliphatic heterocycles. The van der Waals surface area contributed by atoms with E-state index in [2.05, 4.69) is 28.2 Å². The number of aromatic nitrogens is 2. The summed E-state index contributed by atoms with van der Waals surface area (Å²) in [5, 5.41) is 8.34. The fourth-order valence-electron chi connectivity index (χ4n) is 4.38. The lowest BCUT2D eigenvalue weighted by Crippen LogP contribution is -2.37. The van der Waals surface area contributed by atoms with Crippen molar-refractivity contribution in [2.24, 2.45) is 5.92 Å². The van der Waals surface area contributed by atoms with Crippen LogP contribution in [0.1, 0.15) is 29.3 Å². The van der Waals surface area contributed by atoms with Crippen molar-refractivity contribution in [2.75, 3.05) is 18.0 Å². The van der Waals surface area contributed by atoms with Crippen LogP contribution >= 0.6 is 11.6 Å². The van der Waals surface area contributed by atoms with Crippen molar-refractivity contribution in [3.8, 4) is 11.3 Å². The number of hydrogen-bond donors (Lipinski definition) is 3. The normalized spacial score (nSPS) is 19.8. The van der Waals surface area contributed by atoms with Gasteiger partial charge in [0, 0.05) is 53.7 Å². The van der Waals surface area contributed by atoms with E-state index in [1.165, 1.54) is 0 Å². The average Bonchev–Trinajstić information content (AvgIpc) is 3.46. The quantitative estimate of drug-likeness (QED) is 0.506. The van der Waals surface area contributed by atoms with Gasteiger partial charge in [0.15, 0.2) is 0 Å². The Kier molecular flexibility index (Phi) is 6.36. The monoisotopic (exact) mass is 478 g/mol. The number of nitrogens with one attached hydrogen (secondary N) is 3. The van der Waals surface area contributed by atoms with E-state index in [1.54, 1.807) is 4.90 Å². The second-order valence-electron chi connectivity index (χ2n) is 8.83. The molecule has 1 aromatic heterocycles. The lowest BCUT2D eigenvalue weighted by molar-refractivity contribution is -0.119. The molecule has 0 spiro atoms. The van der Waals surface area contributed by atoms with Crippen molar-refractivity contribution in [1.82, 2.24) is 25.9 Å². The van der Waals surface area contributed by atoms with E-state index in [0.29, 0.717) is 48.6 Å². The minimum Gasteiger partial charge on any atom is -0.352 e. The van der Waals surface area contributed by atoms with Crippen molar-refractivity contribution in [3.63, 3.8) is 0 Å². The third kappa shape index (κ3) is 4.70. The topological polar surface area (TPSA) is 91.3 Å². The Labute approximate surface area is 203 Å². The lowest BCUT2D eigenvalue weighted by atomic mass is 10.0. The number of benzene rings is 2. The van der Waals surface area contributed by atoms with Gasteiger partial charge in [-0.3, -0.25) is 25.3 Å². The molecule has 3 N–H and O–H groups in total. The first-order chi connectivity index (χ1) is 16.5. The molecule has 176 valence electrons. The summed E-state index contributed by atoms with van der Waals surface area (Å²) in [7, 11) is 0. The Morgan fingerprint density at radius 3 is 2.76 bits per heavy atom. The predicted octanol–water partition coefficient (Wildman–Crippen LogP) is 2.98. The van der Waals surface area contributed by atoms with Crippen LogP contribution in [0.2, 0.25) is 5.02 Å². The molecular weight excluding hydrogens is 452 g/mol. The van der Waals surface area contributed by atoms with Gasteiger partial charge in [0.25, 0.3) is 5.91 Å². The van der Waals surface area contributed by atoms with Crippen molar-refractivity contribution < 1.29 is 9.59 Å². The van der Waals surface area contributed by atoms with Gasteiger partial charge in [-0.15, -0.1) is 0 Å². The van der Waals surface area contributed by atoms with E-state index in [0.717, 1.165) is 29.2 Å². The number of hydrazine groups is 1. The van der Waals surface area contributed by atoms with Crippen molar-refractivity contribution in [1.29, 1.82) is 0 Å². The summed E-state index contributed by atoms with van der Waals surface area (Å²) in [6.07, 6.45) is 0.396. The Bertz CT molecular complexity index is 1210. The number of aryl methyl sites for hydroxylation is 1. The lowest BCUT2D eigenvalue weighted by Gasteiger charge is -2.27. The van der Waals surface area contributed by atoms with Crippen molar-refractivity contribution >= 4 is 29.2 Å². The molecule has 2 aromatic carbocycles. The third-order valence-electron chi connectivity index (χ3n) is 6.48. The Morgan fingerprint density at radius 1 is 1.21 bits per heavy atom. The van der Waals surface area contributed by atoms with Gasteiger partial charge in [-0.05, 0) is 36.8 Å². The van der Waals surface area contributed by atoms with Crippen LogP contribution in [0.15, 0.2) is 54.6 Å². The highest BCUT2D eigenvalue weighted by atomic mass is 35.5. The second-order valence-corrected chi connectivity index (χ2v) is 9.27. The summed E-state index contributed by atoms with van der Waals surface area (Å²) in [5.74, 6) is 1.08. The Balaban J connectivity index is 1.28. The summed E-state index contributed by atoms with van der Waals surface area (Å²) in [4.78, 5) is 27.1. The molecule has 3 aromatic rings. The van der Waals surface area contributed by atoms with E-state index in [4.69, 9.17) is 11.6 Å². The van der Waals surface area contributed by atoms with Gasteiger partial charge < -0.3 is 5.32 Å². The minimum atomic E-state index is -0.0936. The molecule has 1 fully saturated rings. The summed E-state index contributed by atoms with van der Waals surface area (Å²) < 4.78 is 1.87. The Morgan fingerprint density at radius 2 is 2.03 bits per heavy atom. The number of carbonyl (C=O) groups is 2. The first kappa shape index (κ1) is 22.6. The van der Waals surface area contributed by atoms with E-state index in [1.807, 2.05) is 59.3 Å². The van der Waals surface area contributed by atoms with E-state index >= 15 is 0 Å². The molecule has 0 bridgehead atoms. The number of hydrogen-bond acceptors (Lipinski definition) is 5. The van der Waals surface area contributed by atoms with Gasteiger partial charge in [-0.2, -0.15) is 5.10 Å². The van der Waals surface area contributed by atoms with Crippen molar-refractivity contribution in [2.45, 2.75) is 32.5 Å². The molecule has 9 heteroatoms. The van der Waals surface area contributed by atoms with Gasteiger partial charge in [0.1, 0.15) is 5.82 Å². The third-order valence-corrected chi connectivity index (χ3v) is 6.71. The highest BCUT2D eigenvalue weighted by Crippen LogP contribution is 2.30. The van der Waals surface area contributed by atoms with Gasteiger partial charge in [0.05, 0.1) is 18.8 Å². The van der Waals surface area contributed by atoms with E-state index in [9.17, 15) is 9.59 Å². The zero-order valence-electron chi connectivity index (χ0n) is 18.9. The number of fused-ring (bicyclic) bond motifs is 1. The smallest absolute Gasteiger partial charge is 0.251 e. The summed E-state index contributed by atoms with van der Waals surface area (Å²) >= 11 is 6.14. The molecule has 3 heterocycles. The fourth-order valence-corrected chi connectivity index (χ4v) is 4.57. The van der Waals surface area contributed by atoms with Crippen LogP contribution in [0.4, 0.5) is 5.82 Å². The number of amides is 2. The predicted molar refractivity (Wildman–Crippen MR) is 131 cm³/mol. The maximum atomic E-state index is 12.8. The zero-order valence-corrected chi connectivity index (χ0v) is 19.7. The molecular formula is C25H27ClN6O2. The molecule has 2 amide bonds. The minimum absolute atomic E-state index is 0.0553. The number of nitrogens with zero attached hydrogens (tertiary/aromatic N) is 3. The van der Waals surface area contributed by atoms with Gasteiger partial charge in [-0.1, -0.05) is 35.9 Å². The van der Waals surface area contributed by atoms with Crippen LogP contribution in [-0.2, 0) is 17.9 Å². The van der Waals surface area contributed by atoms with E-state index in [-0.39, 0.29) is 11.8 Å². The number of rotatable bonds is 6. The van der Waals surface area contributed by atoms with Crippen LogP contribution < -0.4 is 21.1 Å². The largest absolute Gasteiger partial charge is 0.352 e. The zero-order chi connectivity index (χ0) is 23.7. The van der Waals surface area contributed by atoms with Crippen LogP contribution in [0, 0.1) is 5.92 Å².